The van der Waals surface area contributed by atoms with Crippen LogP contribution >= 0.6 is 0 Å². The van der Waals surface area contributed by atoms with Crippen LogP contribution in [0.2, 0.25) is 0 Å². The number of nitrogens with zero attached hydrogens (tertiary/aromatic N) is 2. The maximum absolute atomic E-state index is 13.6. The van der Waals surface area contributed by atoms with E-state index in [1.807, 2.05) is 50.3 Å². The lowest BCUT2D eigenvalue weighted by Gasteiger charge is -2.54. The van der Waals surface area contributed by atoms with Gasteiger partial charge in [-0.3, -0.25) is 4.79 Å². The quantitative estimate of drug-likeness (QED) is 0.651. The number of rotatable bonds is 6. The molecule has 0 atom stereocenters. The second kappa shape index (κ2) is 8.93. The molecule has 1 aromatic carbocycles. The fraction of sp³-hybridized carbons (Fsp3) is 0.519. The number of benzene rings is 1. The van der Waals surface area contributed by atoms with Crippen LogP contribution in [0.3, 0.4) is 0 Å². The Morgan fingerprint density at radius 3 is 2.32 bits per heavy atom. The van der Waals surface area contributed by atoms with E-state index in [2.05, 4.69) is 15.7 Å². The molecular weight excluding hydrogens is 428 g/mol. The van der Waals surface area contributed by atoms with E-state index in [1.165, 1.54) is 39.2 Å². The highest BCUT2D eigenvalue weighted by Gasteiger charge is 2.48. The minimum Gasteiger partial charge on any atom is -0.453 e. The fourth-order valence-electron chi connectivity index (χ4n) is 6.53. The first-order chi connectivity index (χ1) is 16.3. The van der Waals surface area contributed by atoms with Crippen LogP contribution in [0.4, 0.5) is 4.79 Å². The number of hydrogen-bond donors (Lipinski definition) is 2. The summed E-state index contributed by atoms with van der Waals surface area (Å²) in [6, 6.07) is 10.1. The summed E-state index contributed by atoms with van der Waals surface area (Å²) in [5.41, 5.74) is 1.57. The smallest absolute Gasteiger partial charge is 0.407 e. The van der Waals surface area contributed by atoms with E-state index in [0.717, 1.165) is 23.1 Å². The first-order valence-corrected chi connectivity index (χ1v) is 12.3. The molecule has 2 N–H and O–H groups in total. The van der Waals surface area contributed by atoms with Gasteiger partial charge in [0.05, 0.1) is 30.1 Å². The highest BCUT2D eigenvalue weighted by molar-refractivity contribution is 6.00. The molecule has 0 saturated heterocycles. The molecule has 0 aliphatic heterocycles. The Hall–Kier alpha value is -3.09. The zero-order valence-electron chi connectivity index (χ0n) is 20.2. The van der Waals surface area contributed by atoms with Crippen LogP contribution in [-0.4, -0.2) is 40.5 Å². The van der Waals surface area contributed by atoms with E-state index in [1.54, 1.807) is 17.1 Å². The maximum atomic E-state index is 13.6. The lowest BCUT2D eigenvalue weighted by molar-refractivity contribution is -0.0119. The fourth-order valence-corrected chi connectivity index (χ4v) is 6.53. The molecule has 180 valence electrons. The number of methoxy groups -OCH3 is 1. The highest BCUT2D eigenvalue weighted by atomic mass is 16.5. The molecular formula is C27H34N4O3. The third-order valence-electron chi connectivity index (χ3n) is 7.85. The largest absolute Gasteiger partial charge is 0.453 e. The third-order valence-corrected chi connectivity index (χ3v) is 7.85. The van der Waals surface area contributed by atoms with E-state index in [-0.39, 0.29) is 11.9 Å². The third kappa shape index (κ3) is 4.48. The average molecular weight is 463 g/mol. The highest BCUT2D eigenvalue weighted by Crippen LogP contribution is 2.53. The maximum Gasteiger partial charge on any atom is 0.407 e. The van der Waals surface area contributed by atoms with Gasteiger partial charge in [-0.2, -0.15) is 5.10 Å². The Balaban J connectivity index is 1.41. The van der Waals surface area contributed by atoms with Gasteiger partial charge in [-0.05, 0) is 75.7 Å². The number of aromatic nitrogens is 2. The van der Waals surface area contributed by atoms with Gasteiger partial charge < -0.3 is 15.4 Å². The first kappa shape index (κ1) is 22.7. The average Bonchev–Trinajstić information content (AvgIpc) is 3.24. The SMILES string of the molecule is COC(=O)NC(C)(C)/C=C/n1ncc(C(=O)NC2C3CC4CC(C3)CC2C4)c1-c1ccccc1. The molecule has 0 spiro atoms. The number of carbonyl (C=O) groups is 2. The van der Waals surface area contributed by atoms with Crippen molar-refractivity contribution in [1.29, 1.82) is 0 Å². The molecule has 2 aromatic rings. The molecule has 1 aromatic heterocycles. The second-order valence-electron chi connectivity index (χ2n) is 10.8. The van der Waals surface area contributed by atoms with Gasteiger partial charge >= 0.3 is 6.09 Å². The molecule has 4 bridgehead atoms. The van der Waals surface area contributed by atoms with E-state index in [4.69, 9.17) is 4.74 Å². The van der Waals surface area contributed by atoms with Gasteiger partial charge in [0.25, 0.3) is 5.91 Å². The second-order valence-corrected chi connectivity index (χ2v) is 10.8. The van der Waals surface area contributed by atoms with Crippen molar-refractivity contribution in [2.45, 2.75) is 57.5 Å². The molecule has 4 aliphatic rings. The first-order valence-electron chi connectivity index (χ1n) is 12.3. The lowest BCUT2D eigenvalue weighted by atomic mass is 9.54. The van der Waals surface area contributed by atoms with Crippen LogP contribution in [0.25, 0.3) is 17.5 Å². The number of alkyl carbamates (subject to hydrolysis) is 1. The summed E-state index contributed by atoms with van der Waals surface area (Å²) in [6.07, 6.45) is 11.2. The molecule has 4 aliphatic carbocycles. The van der Waals surface area contributed by atoms with Crippen LogP contribution in [0.1, 0.15) is 56.3 Å². The molecule has 7 nitrogen and oxygen atoms in total. The lowest BCUT2D eigenvalue weighted by Crippen LogP contribution is -2.55. The zero-order valence-corrected chi connectivity index (χ0v) is 20.2. The van der Waals surface area contributed by atoms with E-state index < -0.39 is 11.6 Å². The van der Waals surface area contributed by atoms with Crippen molar-refractivity contribution in [2.75, 3.05) is 7.11 Å². The van der Waals surface area contributed by atoms with Gasteiger partial charge in [-0.1, -0.05) is 30.3 Å². The summed E-state index contributed by atoms with van der Waals surface area (Å²) in [5.74, 6) is 2.90. The number of amides is 2. The van der Waals surface area contributed by atoms with Crippen molar-refractivity contribution in [3.05, 3.63) is 48.2 Å². The number of hydrogen-bond acceptors (Lipinski definition) is 4. The van der Waals surface area contributed by atoms with Gasteiger partial charge in [0.2, 0.25) is 0 Å². The van der Waals surface area contributed by atoms with Crippen LogP contribution in [0, 0.1) is 23.7 Å². The normalized spacial score (nSPS) is 27.7. The Labute approximate surface area is 200 Å². The molecule has 1 heterocycles. The topological polar surface area (TPSA) is 85.2 Å². The number of ether oxygens (including phenoxy) is 1. The van der Waals surface area contributed by atoms with Crippen molar-refractivity contribution in [3.63, 3.8) is 0 Å². The van der Waals surface area contributed by atoms with E-state index >= 15 is 0 Å². The Morgan fingerprint density at radius 1 is 1.06 bits per heavy atom. The van der Waals surface area contributed by atoms with Gasteiger partial charge in [0.1, 0.15) is 0 Å². The number of carbonyl (C=O) groups excluding carboxylic acids is 2. The molecule has 0 radical (unpaired) electrons. The standard InChI is InChI=1S/C27H34N4O3/c1-27(2,30-26(33)34-3)9-10-31-24(19-7-5-4-6-8-19)22(16-28-31)25(32)29-23-20-12-17-11-18(14-20)15-21(23)13-17/h4-10,16-18,20-21,23H,11-15H2,1-3H3,(H,29,32)(H,30,33)/b10-9+. The number of nitrogens with one attached hydrogen (secondary N) is 2. The minimum atomic E-state index is -0.657. The molecule has 6 rings (SSSR count). The van der Waals surface area contributed by atoms with E-state index in [0.29, 0.717) is 17.4 Å². The molecule has 2 amide bonds. The summed E-state index contributed by atoms with van der Waals surface area (Å²) in [5, 5.41) is 10.7. The van der Waals surface area contributed by atoms with Crippen molar-refractivity contribution in [1.82, 2.24) is 20.4 Å². The van der Waals surface area contributed by atoms with Crippen molar-refractivity contribution < 1.29 is 14.3 Å². The van der Waals surface area contributed by atoms with Crippen molar-refractivity contribution >= 4 is 18.2 Å². The van der Waals surface area contributed by atoms with Crippen LogP contribution in [-0.2, 0) is 4.74 Å². The van der Waals surface area contributed by atoms with Gasteiger partial charge in [0.15, 0.2) is 0 Å². The summed E-state index contributed by atoms with van der Waals surface area (Å²) < 4.78 is 6.43. The molecule has 4 fully saturated rings. The predicted octanol–water partition coefficient (Wildman–Crippen LogP) is 4.71. The van der Waals surface area contributed by atoms with Crippen LogP contribution in [0.5, 0.6) is 0 Å². The van der Waals surface area contributed by atoms with E-state index in [9.17, 15) is 9.59 Å². The monoisotopic (exact) mass is 462 g/mol. The summed E-state index contributed by atoms with van der Waals surface area (Å²) in [4.78, 5) is 25.2. The minimum absolute atomic E-state index is 0.0528. The Morgan fingerprint density at radius 2 is 1.71 bits per heavy atom. The zero-order chi connectivity index (χ0) is 23.9. The van der Waals surface area contributed by atoms with Gasteiger partial charge in [-0.25, -0.2) is 9.48 Å². The van der Waals surface area contributed by atoms with Gasteiger partial charge in [-0.15, -0.1) is 0 Å². The predicted molar refractivity (Wildman–Crippen MR) is 131 cm³/mol. The summed E-state index contributed by atoms with van der Waals surface area (Å²) in [7, 11) is 1.34. The summed E-state index contributed by atoms with van der Waals surface area (Å²) in [6.45, 7) is 3.73. The van der Waals surface area contributed by atoms with Crippen molar-refractivity contribution in [2.24, 2.45) is 23.7 Å². The molecule has 4 saturated carbocycles. The van der Waals surface area contributed by atoms with Crippen LogP contribution < -0.4 is 10.6 Å². The molecule has 34 heavy (non-hydrogen) atoms. The van der Waals surface area contributed by atoms with Crippen LogP contribution in [0.15, 0.2) is 42.6 Å². The molecule has 0 unspecified atom stereocenters. The Kier molecular flexibility index (Phi) is 5.96. The van der Waals surface area contributed by atoms with Crippen molar-refractivity contribution in [3.8, 4) is 11.3 Å². The Bertz CT molecular complexity index is 1060. The molecule has 7 heteroatoms. The summed E-state index contributed by atoms with van der Waals surface area (Å²) >= 11 is 0. The van der Waals surface area contributed by atoms with Gasteiger partial charge in [0, 0.05) is 17.8 Å².